The second-order valence-electron chi connectivity index (χ2n) is 8.56. The highest BCUT2D eigenvalue weighted by Gasteiger charge is 2.33. The van der Waals surface area contributed by atoms with Gasteiger partial charge in [-0.25, -0.2) is 18.1 Å². The quantitative estimate of drug-likeness (QED) is 0.650. The van der Waals surface area contributed by atoms with Crippen LogP contribution < -0.4 is 4.72 Å². The Morgan fingerprint density at radius 3 is 2.50 bits per heavy atom. The molecule has 0 saturated carbocycles. The minimum atomic E-state index is -3.63. The van der Waals surface area contributed by atoms with Crippen molar-refractivity contribution in [2.75, 3.05) is 6.54 Å². The van der Waals surface area contributed by atoms with Gasteiger partial charge in [0.05, 0.1) is 21.2 Å². The van der Waals surface area contributed by atoms with Gasteiger partial charge in [-0.1, -0.05) is 12.1 Å². The number of fused-ring (bicyclic) bond motifs is 1. The molecule has 1 unspecified atom stereocenters. The Labute approximate surface area is 181 Å². The number of sulfonamides is 1. The molecule has 1 aromatic heterocycles. The molecule has 1 N–H and O–H groups in total. The Hall–Kier alpha value is -2.29. The summed E-state index contributed by atoms with van der Waals surface area (Å²) in [6.45, 7) is 6.04. The number of nitrogens with one attached hydrogen (secondary N) is 1. The van der Waals surface area contributed by atoms with E-state index in [-0.39, 0.29) is 16.8 Å². The van der Waals surface area contributed by atoms with Gasteiger partial charge in [0.1, 0.15) is 5.01 Å². The van der Waals surface area contributed by atoms with Crippen LogP contribution in [-0.2, 0) is 10.0 Å². The van der Waals surface area contributed by atoms with E-state index in [1.807, 2.05) is 29.2 Å². The van der Waals surface area contributed by atoms with E-state index in [1.165, 1.54) is 12.1 Å². The van der Waals surface area contributed by atoms with Gasteiger partial charge in [-0.2, -0.15) is 0 Å². The van der Waals surface area contributed by atoms with Crippen molar-refractivity contribution in [3.8, 4) is 0 Å². The van der Waals surface area contributed by atoms with Gasteiger partial charge in [0.15, 0.2) is 0 Å². The van der Waals surface area contributed by atoms with Crippen molar-refractivity contribution in [2.24, 2.45) is 0 Å². The maximum atomic E-state index is 13.2. The van der Waals surface area contributed by atoms with Crippen molar-refractivity contribution in [1.82, 2.24) is 14.6 Å². The highest BCUT2D eigenvalue weighted by Crippen LogP contribution is 2.37. The Morgan fingerprint density at radius 1 is 1.13 bits per heavy atom. The van der Waals surface area contributed by atoms with Gasteiger partial charge < -0.3 is 4.90 Å². The summed E-state index contributed by atoms with van der Waals surface area (Å²) in [5, 5.41) is 0.954. The lowest BCUT2D eigenvalue weighted by atomic mass is 10.1. The second kappa shape index (κ2) is 7.76. The van der Waals surface area contributed by atoms with E-state index < -0.39 is 15.6 Å². The predicted molar refractivity (Wildman–Crippen MR) is 119 cm³/mol. The molecule has 1 aliphatic heterocycles. The predicted octanol–water partition coefficient (Wildman–Crippen LogP) is 4.35. The number of rotatable bonds is 4. The van der Waals surface area contributed by atoms with Crippen LogP contribution in [0.5, 0.6) is 0 Å². The van der Waals surface area contributed by atoms with E-state index in [1.54, 1.807) is 44.2 Å². The number of benzene rings is 2. The van der Waals surface area contributed by atoms with Gasteiger partial charge >= 0.3 is 0 Å². The van der Waals surface area contributed by atoms with Crippen LogP contribution in [0.3, 0.4) is 0 Å². The SMILES string of the molecule is CC(C)(C)NS(=O)(=O)c1ccc(C(=O)N2CCCC2c2nc3ccccc3s2)cc1. The zero-order chi connectivity index (χ0) is 21.5. The normalized spacial score (nSPS) is 17.6. The van der Waals surface area contributed by atoms with Crippen molar-refractivity contribution >= 4 is 37.5 Å². The molecular formula is C22H25N3O3S2. The number of carbonyl (C=O) groups is 1. The van der Waals surface area contributed by atoms with Crippen LogP contribution in [-0.4, -0.2) is 36.3 Å². The van der Waals surface area contributed by atoms with Crippen LogP contribution in [0.2, 0.25) is 0 Å². The minimum Gasteiger partial charge on any atom is -0.329 e. The van der Waals surface area contributed by atoms with Gasteiger partial charge in [-0.05, 0) is 70.0 Å². The maximum absolute atomic E-state index is 13.2. The molecule has 2 heterocycles. The molecule has 3 aromatic rings. The molecule has 2 aromatic carbocycles. The average molecular weight is 444 g/mol. The highest BCUT2D eigenvalue weighted by atomic mass is 32.2. The molecule has 158 valence electrons. The third-order valence-electron chi connectivity index (χ3n) is 4.96. The third-order valence-corrected chi connectivity index (χ3v) is 7.87. The van der Waals surface area contributed by atoms with Crippen LogP contribution in [0.4, 0.5) is 0 Å². The molecule has 1 amide bonds. The summed E-state index contributed by atoms with van der Waals surface area (Å²) in [6, 6.07) is 14.1. The van der Waals surface area contributed by atoms with Crippen LogP contribution in [0.15, 0.2) is 53.4 Å². The third kappa shape index (κ3) is 4.26. The second-order valence-corrected chi connectivity index (χ2v) is 11.3. The summed E-state index contributed by atoms with van der Waals surface area (Å²) in [5.41, 5.74) is 0.864. The fourth-order valence-electron chi connectivity index (χ4n) is 3.70. The topological polar surface area (TPSA) is 79.4 Å². The summed E-state index contributed by atoms with van der Waals surface area (Å²) in [5.74, 6) is -0.0931. The fraction of sp³-hybridized carbons (Fsp3) is 0.364. The summed E-state index contributed by atoms with van der Waals surface area (Å²) in [4.78, 5) is 19.9. The number of thiazole rings is 1. The number of likely N-dealkylation sites (tertiary alicyclic amines) is 1. The number of nitrogens with zero attached hydrogens (tertiary/aromatic N) is 2. The summed E-state index contributed by atoms with van der Waals surface area (Å²) in [6.07, 6.45) is 1.81. The minimum absolute atomic E-state index is 0.0409. The molecule has 6 nitrogen and oxygen atoms in total. The molecule has 1 aliphatic rings. The molecule has 0 spiro atoms. The molecule has 1 fully saturated rings. The van der Waals surface area contributed by atoms with Crippen molar-refractivity contribution in [3.05, 3.63) is 59.1 Å². The van der Waals surface area contributed by atoms with Crippen molar-refractivity contribution in [1.29, 1.82) is 0 Å². The van der Waals surface area contributed by atoms with Crippen LogP contribution in [0, 0.1) is 0 Å². The van der Waals surface area contributed by atoms with E-state index in [9.17, 15) is 13.2 Å². The number of amides is 1. The molecular weight excluding hydrogens is 418 g/mol. The van der Waals surface area contributed by atoms with Gasteiger partial charge in [0, 0.05) is 17.6 Å². The zero-order valence-corrected chi connectivity index (χ0v) is 18.9. The first-order valence-electron chi connectivity index (χ1n) is 9.94. The molecule has 0 aliphatic carbocycles. The lowest BCUT2D eigenvalue weighted by Crippen LogP contribution is -2.40. The standard InChI is InChI=1S/C22H25N3O3S2/c1-22(2,3)24-30(27,28)16-12-10-15(11-13-16)21(26)25-14-6-8-18(25)20-23-17-7-4-5-9-19(17)29-20/h4-5,7,9-13,18,24H,6,8,14H2,1-3H3. The van der Waals surface area contributed by atoms with Gasteiger partial charge in [-0.15, -0.1) is 11.3 Å². The van der Waals surface area contributed by atoms with E-state index in [0.717, 1.165) is 28.1 Å². The molecule has 0 bridgehead atoms. The van der Waals surface area contributed by atoms with Crippen molar-refractivity contribution in [2.45, 2.75) is 50.1 Å². The Morgan fingerprint density at radius 2 is 1.83 bits per heavy atom. The average Bonchev–Trinajstić information content (AvgIpc) is 3.32. The number of para-hydroxylation sites is 1. The number of hydrogen-bond acceptors (Lipinski definition) is 5. The van der Waals surface area contributed by atoms with Crippen LogP contribution in [0.1, 0.15) is 55.0 Å². The Kier molecular flexibility index (Phi) is 5.42. The molecule has 8 heteroatoms. The lowest BCUT2D eigenvalue weighted by Gasteiger charge is -2.23. The first-order valence-corrected chi connectivity index (χ1v) is 12.2. The monoisotopic (exact) mass is 443 g/mol. The lowest BCUT2D eigenvalue weighted by molar-refractivity contribution is 0.0735. The van der Waals surface area contributed by atoms with Gasteiger partial charge in [-0.3, -0.25) is 4.79 Å². The number of hydrogen-bond donors (Lipinski definition) is 1. The molecule has 4 rings (SSSR count). The smallest absolute Gasteiger partial charge is 0.254 e. The number of aromatic nitrogens is 1. The summed E-state index contributed by atoms with van der Waals surface area (Å²) >= 11 is 1.63. The summed E-state index contributed by atoms with van der Waals surface area (Å²) in [7, 11) is -3.63. The molecule has 0 radical (unpaired) electrons. The van der Waals surface area contributed by atoms with Gasteiger partial charge in [0.2, 0.25) is 10.0 Å². The molecule has 1 saturated heterocycles. The van der Waals surface area contributed by atoms with E-state index in [2.05, 4.69) is 4.72 Å². The van der Waals surface area contributed by atoms with Crippen LogP contribution >= 0.6 is 11.3 Å². The first-order chi connectivity index (χ1) is 14.1. The first kappa shape index (κ1) is 21.0. The van der Waals surface area contributed by atoms with E-state index in [0.29, 0.717) is 12.1 Å². The molecule has 1 atom stereocenters. The van der Waals surface area contributed by atoms with Crippen LogP contribution in [0.25, 0.3) is 10.2 Å². The maximum Gasteiger partial charge on any atom is 0.254 e. The highest BCUT2D eigenvalue weighted by molar-refractivity contribution is 7.89. The van der Waals surface area contributed by atoms with E-state index >= 15 is 0 Å². The largest absolute Gasteiger partial charge is 0.329 e. The fourth-order valence-corrected chi connectivity index (χ4v) is 6.24. The van der Waals surface area contributed by atoms with E-state index in [4.69, 9.17) is 4.98 Å². The Balaban J connectivity index is 1.56. The Bertz CT molecular complexity index is 1150. The van der Waals surface area contributed by atoms with Gasteiger partial charge in [0.25, 0.3) is 5.91 Å². The van der Waals surface area contributed by atoms with Crippen molar-refractivity contribution in [3.63, 3.8) is 0 Å². The summed E-state index contributed by atoms with van der Waals surface area (Å²) < 4.78 is 28.7. The number of carbonyl (C=O) groups excluding carboxylic acids is 1. The van der Waals surface area contributed by atoms with Crippen molar-refractivity contribution < 1.29 is 13.2 Å². The molecule has 30 heavy (non-hydrogen) atoms. The zero-order valence-electron chi connectivity index (χ0n) is 17.3.